The number of β-amino-alcohol motifs (C(OH)–C–C–N with tert-alkyl or cyclic N) is 1. The molecule has 1 aromatic rings. The zero-order chi connectivity index (χ0) is 18.9. The summed E-state index contributed by atoms with van der Waals surface area (Å²) in [5, 5.41) is 10.5. The first-order valence-corrected chi connectivity index (χ1v) is 10.2. The summed E-state index contributed by atoms with van der Waals surface area (Å²) in [7, 11) is -0.255. The van der Waals surface area contributed by atoms with E-state index >= 15 is 0 Å². The fourth-order valence-corrected chi connectivity index (χ4v) is 4.67. The van der Waals surface area contributed by atoms with Gasteiger partial charge in [0.25, 0.3) is 0 Å². The molecule has 0 spiro atoms. The number of benzene rings is 1. The van der Waals surface area contributed by atoms with Crippen molar-refractivity contribution in [2.45, 2.75) is 11.0 Å². The number of hydrogen-bond donors (Lipinski definition) is 1. The number of rotatable bonds is 4. The fourth-order valence-electron chi connectivity index (χ4n) is 3.36. The summed E-state index contributed by atoms with van der Waals surface area (Å²) in [5.74, 6) is -0.335. The molecule has 2 heterocycles. The third kappa shape index (κ3) is 3.91. The highest BCUT2D eigenvalue weighted by atomic mass is 32.2. The molecule has 0 radical (unpaired) electrons. The predicted octanol–water partition coefficient (Wildman–Crippen LogP) is -0.738. The van der Waals surface area contributed by atoms with E-state index in [0.717, 1.165) is 30.5 Å². The van der Waals surface area contributed by atoms with E-state index in [0.29, 0.717) is 12.2 Å². The number of likely N-dealkylation sites (N-methyl/N-ethyl adjacent to an activating group) is 2. The Morgan fingerprint density at radius 2 is 1.73 bits per heavy atom. The number of aliphatic hydroxyl groups excluding tert-OH is 1. The summed E-state index contributed by atoms with van der Waals surface area (Å²) in [6.07, 6.45) is -0.749. The Balaban J connectivity index is 1.79. The van der Waals surface area contributed by atoms with Crippen LogP contribution in [0.2, 0.25) is 0 Å². The van der Waals surface area contributed by atoms with Crippen LogP contribution >= 0.6 is 0 Å². The van der Waals surface area contributed by atoms with Gasteiger partial charge in [-0.2, -0.15) is 4.31 Å². The van der Waals surface area contributed by atoms with Gasteiger partial charge in [-0.15, -0.1) is 0 Å². The van der Waals surface area contributed by atoms with E-state index in [4.69, 9.17) is 0 Å². The molecule has 0 aromatic heterocycles. The molecular formula is C17H26N4O4S. The number of anilines is 1. The molecule has 0 saturated carbocycles. The number of piperazine rings is 1. The number of sulfonamides is 1. The predicted molar refractivity (Wildman–Crippen MR) is 98.6 cm³/mol. The zero-order valence-corrected chi connectivity index (χ0v) is 16.0. The first kappa shape index (κ1) is 19.2. The second-order valence-electron chi connectivity index (χ2n) is 6.99. The normalized spacial score (nSPS) is 23.5. The number of hydrogen-bond acceptors (Lipinski definition) is 6. The van der Waals surface area contributed by atoms with Crippen LogP contribution in [0.15, 0.2) is 29.2 Å². The molecule has 1 fully saturated rings. The van der Waals surface area contributed by atoms with Crippen LogP contribution in [0.5, 0.6) is 0 Å². The number of amides is 1. The lowest BCUT2D eigenvalue weighted by molar-refractivity contribution is -0.119. The molecule has 144 valence electrons. The third-order valence-electron chi connectivity index (χ3n) is 4.96. The van der Waals surface area contributed by atoms with Gasteiger partial charge in [0.2, 0.25) is 15.9 Å². The Hall–Kier alpha value is -1.52. The summed E-state index contributed by atoms with van der Waals surface area (Å²) in [6.45, 7) is 3.93. The van der Waals surface area contributed by atoms with Crippen molar-refractivity contribution in [1.82, 2.24) is 14.1 Å². The van der Waals surface area contributed by atoms with E-state index in [2.05, 4.69) is 16.8 Å². The van der Waals surface area contributed by atoms with Crippen molar-refractivity contribution in [1.29, 1.82) is 0 Å². The highest BCUT2D eigenvalue weighted by Crippen LogP contribution is 2.30. The third-order valence-corrected chi connectivity index (χ3v) is 6.81. The van der Waals surface area contributed by atoms with Gasteiger partial charge in [0.05, 0.1) is 24.9 Å². The van der Waals surface area contributed by atoms with Crippen LogP contribution in [0.1, 0.15) is 0 Å². The second-order valence-corrected chi connectivity index (χ2v) is 9.00. The molecule has 0 aliphatic carbocycles. The van der Waals surface area contributed by atoms with Crippen molar-refractivity contribution in [2.24, 2.45) is 0 Å². The number of carbonyl (C=O) groups is 1. The number of carbonyl (C=O) groups excluding carboxylic acids is 1. The number of aliphatic hydroxyl groups is 1. The number of fused-ring (bicyclic) bond motifs is 1. The molecule has 9 heteroatoms. The lowest BCUT2D eigenvalue weighted by Gasteiger charge is -2.34. The van der Waals surface area contributed by atoms with Crippen LogP contribution in [0, 0.1) is 0 Å². The maximum Gasteiger partial charge on any atom is 0.245 e. The Kier molecular flexibility index (Phi) is 5.64. The standard InChI is InChI=1S/C17H26N4O4S/c1-18-7-9-20(10-8-18)11-14(22)12-21-15-5-3-4-6-16(15)26(24,25)19(2)13-17(21)23/h3-6,14,22H,7-13H2,1-2H3. The van der Waals surface area contributed by atoms with Gasteiger partial charge in [-0.05, 0) is 19.2 Å². The van der Waals surface area contributed by atoms with E-state index in [9.17, 15) is 18.3 Å². The first-order chi connectivity index (χ1) is 12.3. The molecule has 1 amide bonds. The van der Waals surface area contributed by atoms with Crippen molar-refractivity contribution in [2.75, 3.05) is 64.8 Å². The van der Waals surface area contributed by atoms with E-state index in [-0.39, 0.29) is 23.9 Å². The Bertz CT molecular complexity index is 762. The maximum absolute atomic E-state index is 12.6. The van der Waals surface area contributed by atoms with Crippen LogP contribution < -0.4 is 4.90 Å². The van der Waals surface area contributed by atoms with Crippen LogP contribution in [0.4, 0.5) is 5.69 Å². The minimum absolute atomic E-state index is 0.0749. The van der Waals surface area contributed by atoms with Gasteiger partial charge >= 0.3 is 0 Å². The molecule has 1 atom stereocenters. The Morgan fingerprint density at radius 3 is 2.42 bits per heavy atom. The molecule has 2 aliphatic heterocycles. The average Bonchev–Trinajstić information content (AvgIpc) is 2.67. The largest absolute Gasteiger partial charge is 0.390 e. The molecule has 1 saturated heterocycles. The lowest BCUT2D eigenvalue weighted by Crippen LogP contribution is -2.50. The van der Waals surface area contributed by atoms with Crippen molar-refractivity contribution < 1.29 is 18.3 Å². The van der Waals surface area contributed by atoms with Gasteiger partial charge < -0.3 is 14.9 Å². The molecule has 26 heavy (non-hydrogen) atoms. The monoisotopic (exact) mass is 382 g/mol. The van der Waals surface area contributed by atoms with Gasteiger partial charge in [-0.25, -0.2) is 8.42 Å². The minimum Gasteiger partial charge on any atom is -0.390 e. The first-order valence-electron chi connectivity index (χ1n) is 8.73. The molecule has 2 aliphatic rings. The molecule has 1 aromatic carbocycles. The summed E-state index contributed by atoms with van der Waals surface area (Å²) >= 11 is 0. The van der Waals surface area contributed by atoms with Crippen LogP contribution in [-0.2, 0) is 14.8 Å². The van der Waals surface area contributed by atoms with E-state index in [1.54, 1.807) is 18.2 Å². The van der Waals surface area contributed by atoms with Crippen molar-refractivity contribution >= 4 is 21.6 Å². The Morgan fingerprint density at radius 1 is 1.08 bits per heavy atom. The van der Waals surface area contributed by atoms with Gasteiger partial charge in [0.15, 0.2) is 0 Å². The quantitative estimate of drug-likeness (QED) is 0.739. The fraction of sp³-hybridized carbons (Fsp3) is 0.588. The van der Waals surface area contributed by atoms with E-state index in [1.165, 1.54) is 18.0 Å². The highest BCUT2D eigenvalue weighted by Gasteiger charge is 2.35. The van der Waals surface area contributed by atoms with Gasteiger partial charge in [-0.1, -0.05) is 12.1 Å². The molecule has 1 unspecified atom stereocenters. The van der Waals surface area contributed by atoms with Gasteiger partial charge in [0, 0.05) is 39.8 Å². The van der Waals surface area contributed by atoms with Crippen LogP contribution in [0.3, 0.4) is 0 Å². The SMILES string of the molecule is CN1CCN(CC(O)CN2C(=O)CN(C)S(=O)(=O)c3ccccc32)CC1. The average molecular weight is 382 g/mol. The summed E-state index contributed by atoms with van der Waals surface area (Å²) in [5.41, 5.74) is 0.333. The smallest absolute Gasteiger partial charge is 0.245 e. The Labute approximate surface area is 154 Å². The van der Waals surface area contributed by atoms with E-state index < -0.39 is 16.1 Å². The van der Waals surface area contributed by atoms with Gasteiger partial charge in [0.1, 0.15) is 4.90 Å². The van der Waals surface area contributed by atoms with Crippen molar-refractivity contribution in [3.05, 3.63) is 24.3 Å². The molecule has 8 nitrogen and oxygen atoms in total. The van der Waals surface area contributed by atoms with Crippen LogP contribution in [-0.4, -0.2) is 99.5 Å². The topological polar surface area (TPSA) is 84.4 Å². The molecule has 3 rings (SSSR count). The van der Waals surface area contributed by atoms with E-state index in [1.807, 2.05) is 0 Å². The maximum atomic E-state index is 12.6. The van der Waals surface area contributed by atoms with Crippen molar-refractivity contribution in [3.8, 4) is 0 Å². The van der Waals surface area contributed by atoms with Crippen molar-refractivity contribution in [3.63, 3.8) is 0 Å². The summed E-state index contributed by atoms with van der Waals surface area (Å²) in [6, 6.07) is 6.46. The second kappa shape index (κ2) is 7.61. The number of para-hydroxylation sites is 1. The zero-order valence-electron chi connectivity index (χ0n) is 15.2. The molecule has 0 bridgehead atoms. The highest BCUT2D eigenvalue weighted by molar-refractivity contribution is 7.89. The summed E-state index contributed by atoms with van der Waals surface area (Å²) in [4.78, 5) is 18.5. The van der Waals surface area contributed by atoms with Gasteiger partial charge in [-0.3, -0.25) is 9.69 Å². The lowest BCUT2D eigenvalue weighted by atomic mass is 10.2. The molecule has 1 N–H and O–H groups in total. The molecular weight excluding hydrogens is 356 g/mol. The summed E-state index contributed by atoms with van der Waals surface area (Å²) < 4.78 is 26.3. The van der Waals surface area contributed by atoms with Crippen LogP contribution in [0.25, 0.3) is 0 Å². The number of nitrogens with zero attached hydrogens (tertiary/aromatic N) is 4. The minimum atomic E-state index is -3.72.